The van der Waals surface area contributed by atoms with Gasteiger partial charge in [-0.1, -0.05) is 63.2 Å². The maximum atomic E-state index is 14.3. The second kappa shape index (κ2) is 20.5. The van der Waals surface area contributed by atoms with Crippen LogP contribution in [-0.4, -0.2) is 134 Å². The first-order valence-corrected chi connectivity index (χ1v) is 27.7. The highest BCUT2D eigenvalue weighted by molar-refractivity contribution is 7.13. The van der Waals surface area contributed by atoms with E-state index in [1.165, 1.54) is 23.3 Å². The molecule has 0 unspecified atom stereocenters. The fourth-order valence-corrected chi connectivity index (χ4v) is 13.7. The number of nitrogens with one attached hydrogen (secondary N) is 3. The molecule has 3 aromatic heterocycles. The lowest BCUT2D eigenvalue weighted by molar-refractivity contribution is -0.145. The number of aliphatic hydroxyl groups excluding tert-OH is 1. The maximum Gasteiger partial charge on any atom is 0.246 e. The number of thiazole rings is 1. The average molecular weight is 1020 g/mol. The summed E-state index contributed by atoms with van der Waals surface area (Å²) in [4.78, 5) is 61.5. The normalized spacial score (nSPS) is 25.6. The number of piperidine rings is 1. The van der Waals surface area contributed by atoms with E-state index in [0.29, 0.717) is 29.8 Å². The van der Waals surface area contributed by atoms with Crippen LogP contribution in [0.15, 0.2) is 78.4 Å². The summed E-state index contributed by atoms with van der Waals surface area (Å²) in [6.45, 7) is 13.7. The molecule has 7 heterocycles. The third-order valence-corrected chi connectivity index (χ3v) is 18.3. The molecule has 0 bridgehead atoms. The van der Waals surface area contributed by atoms with E-state index in [4.69, 9.17) is 4.98 Å². The van der Waals surface area contributed by atoms with Crippen LogP contribution in [0.3, 0.4) is 0 Å². The van der Waals surface area contributed by atoms with Crippen molar-refractivity contribution in [1.29, 1.82) is 0 Å². The van der Waals surface area contributed by atoms with Crippen LogP contribution in [0.2, 0.25) is 0 Å². The fraction of sp³-hybridized carbons (Fsp3) is 0.526. The van der Waals surface area contributed by atoms with Gasteiger partial charge in [0.25, 0.3) is 0 Å². The van der Waals surface area contributed by atoms with Crippen molar-refractivity contribution < 1.29 is 24.6 Å². The number of carbonyl (C=O) groups excluding carboxylic acids is 3. The number of aryl methyl sites for hydroxylation is 1. The van der Waals surface area contributed by atoms with E-state index in [1.54, 1.807) is 17.4 Å². The topological polar surface area (TPSA) is 192 Å². The van der Waals surface area contributed by atoms with Gasteiger partial charge in [0.1, 0.15) is 23.7 Å². The van der Waals surface area contributed by atoms with E-state index in [0.717, 1.165) is 117 Å². The fourth-order valence-electron chi connectivity index (χ4n) is 12.9. The standard InChI is InChI=1S/C57H71N11O5S/c1-35-50(74-34-61-35)38-11-9-36(10-12-38)29-60-54(72)47-25-43(69)33-68(47)55(73)51(56(2,3)4)62-53(71)39-15-19-57(20-16-39)27-41(28-57)65-21-17-37(18-22-65)40-13-14-49(58-30-40)66-23-24-67-42(32-66)31-59-52-46(67)26-45(63-64-52)44-7-5-6-8-48(44)70/h5-14,26,30,34,37,39,41-43,47,51,69-70H,15-25,27-29,31-33H2,1-4H3,(H,59,64)(H,60,72)(H,62,71)/t39?,41?,42-,43+,47-,51+,57?/m0/s1. The number of hydrogen-bond donors (Lipinski definition) is 5. The first kappa shape index (κ1) is 50.0. The first-order chi connectivity index (χ1) is 35.7. The quantitative estimate of drug-likeness (QED) is 0.0900. The molecular weight excluding hydrogens is 951 g/mol. The summed E-state index contributed by atoms with van der Waals surface area (Å²) in [5, 5.41) is 39.7. The Balaban J connectivity index is 0.622. The largest absolute Gasteiger partial charge is 0.507 e. The molecule has 2 aromatic carbocycles. The SMILES string of the molecule is Cc1ncsc1-c1ccc(CNC(=O)[C@@H]2C[C@@H](O)CN2C(=O)[C@@H](NC(=O)C2CCC3(CC2)CC(N2CCC(c4ccc(N5CCN6c7cc(-c8ccccc8O)nnc7NC[C@H]6C5)nc4)CC2)C3)C(C)(C)C)cc1. The molecule has 4 aliphatic heterocycles. The van der Waals surface area contributed by atoms with E-state index in [2.05, 4.69) is 64.2 Å². The van der Waals surface area contributed by atoms with Gasteiger partial charge >= 0.3 is 0 Å². The Labute approximate surface area is 438 Å². The second-order valence-electron chi connectivity index (χ2n) is 23.1. The summed E-state index contributed by atoms with van der Waals surface area (Å²) in [5.41, 5.74) is 8.19. The first-order valence-electron chi connectivity index (χ1n) is 26.9. The number of β-amino-alcohol motifs (C(OH)–C–C–N with tert-alkyl or cyclic N) is 1. The van der Waals surface area contributed by atoms with Gasteiger partial charge < -0.3 is 45.8 Å². The third kappa shape index (κ3) is 10.2. The van der Waals surface area contributed by atoms with Gasteiger partial charge in [-0.15, -0.1) is 21.5 Å². The lowest BCUT2D eigenvalue weighted by Gasteiger charge is -2.55. The van der Waals surface area contributed by atoms with E-state index < -0.39 is 23.6 Å². The zero-order valence-corrected chi connectivity index (χ0v) is 44.0. The highest BCUT2D eigenvalue weighted by Crippen LogP contribution is 2.55. The number of carbonyl (C=O) groups is 3. The Morgan fingerprint density at radius 3 is 2.36 bits per heavy atom. The number of aromatic nitrogens is 4. The van der Waals surface area contributed by atoms with Crippen molar-refractivity contribution in [3.05, 3.63) is 95.3 Å². The highest BCUT2D eigenvalue weighted by atomic mass is 32.1. The predicted octanol–water partition coefficient (Wildman–Crippen LogP) is 7.12. The molecule has 74 heavy (non-hydrogen) atoms. The molecule has 390 valence electrons. The van der Waals surface area contributed by atoms with Crippen LogP contribution in [0.1, 0.15) is 101 Å². The van der Waals surface area contributed by atoms with Gasteiger partial charge in [0.05, 0.1) is 39.6 Å². The Bertz CT molecular complexity index is 2830. The van der Waals surface area contributed by atoms with Gasteiger partial charge in [-0.2, -0.15) is 0 Å². The number of aliphatic hydroxyl groups is 1. The van der Waals surface area contributed by atoms with Crippen molar-refractivity contribution in [3.8, 4) is 27.4 Å². The predicted molar refractivity (Wildman–Crippen MR) is 288 cm³/mol. The smallest absolute Gasteiger partial charge is 0.246 e. The van der Waals surface area contributed by atoms with Crippen LogP contribution in [0.25, 0.3) is 21.7 Å². The number of amides is 3. The van der Waals surface area contributed by atoms with Crippen LogP contribution in [0, 0.1) is 23.7 Å². The molecule has 11 rings (SSSR count). The maximum absolute atomic E-state index is 14.3. The Morgan fingerprint density at radius 2 is 1.66 bits per heavy atom. The van der Waals surface area contributed by atoms with Crippen LogP contribution < -0.4 is 25.8 Å². The van der Waals surface area contributed by atoms with Crippen LogP contribution in [-0.2, 0) is 20.9 Å². The van der Waals surface area contributed by atoms with Crippen molar-refractivity contribution in [2.75, 3.05) is 60.9 Å². The number of piperazine rings is 1. The second-order valence-corrected chi connectivity index (χ2v) is 24.0. The number of para-hydroxylation sites is 1. The monoisotopic (exact) mass is 1020 g/mol. The van der Waals surface area contributed by atoms with Gasteiger partial charge in [-0.25, -0.2) is 9.97 Å². The van der Waals surface area contributed by atoms with Gasteiger partial charge in [0.15, 0.2) is 5.82 Å². The summed E-state index contributed by atoms with van der Waals surface area (Å²) < 4.78 is 0. The molecule has 3 amide bonds. The molecule has 2 aliphatic carbocycles. The molecule has 4 atom stereocenters. The van der Waals surface area contributed by atoms with E-state index in [1.807, 2.05) is 81.7 Å². The molecule has 1 spiro atoms. The van der Waals surface area contributed by atoms with Gasteiger partial charge in [0.2, 0.25) is 17.7 Å². The molecule has 6 aliphatic rings. The zero-order valence-electron chi connectivity index (χ0n) is 43.2. The van der Waals surface area contributed by atoms with Crippen molar-refractivity contribution >= 4 is 46.4 Å². The number of aromatic hydroxyl groups is 1. The van der Waals surface area contributed by atoms with E-state index >= 15 is 0 Å². The lowest BCUT2D eigenvalue weighted by atomic mass is 9.56. The van der Waals surface area contributed by atoms with Gasteiger partial charge in [-0.3, -0.25) is 14.4 Å². The van der Waals surface area contributed by atoms with Gasteiger partial charge in [0, 0.05) is 69.4 Å². The average Bonchev–Trinajstić information content (AvgIpc) is 4.03. The summed E-state index contributed by atoms with van der Waals surface area (Å²) in [6.07, 6.45) is 9.73. The molecular formula is C57H71N11O5S. The van der Waals surface area contributed by atoms with Crippen LogP contribution in [0.4, 0.5) is 17.3 Å². The van der Waals surface area contributed by atoms with Crippen LogP contribution in [0.5, 0.6) is 5.75 Å². The number of anilines is 3. The number of phenols is 1. The number of nitrogens with zero attached hydrogens (tertiary/aromatic N) is 8. The molecule has 5 aromatic rings. The minimum Gasteiger partial charge on any atom is -0.507 e. The van der Waals surface area contributed by atoms with Crippen molar-refractivity contribution in [2.24, 2.45) is 16.7 Å². The number of fused-ring (bicyclic) bond motifs is 3. The van der Waals surface area contributed by atoms with Crippen molar-refractivity contribution in [2.45, 2.75) is 128 Å². The molecule has 5 fully saturated rings. The minimum absolute atomic E-state index is 0.0504. The summed E-state index contributed by atoms with van der Waals surface area (Å²) in [5.74, 6) is 1.62. The van der Waals surface area contributed by atoms with E-state index in [-0.39, 0.29) is 53.8 Å². The lowest BCUT2D eigenvalue weighted by Crippen LogP contribution is -2.59. The number of likely N-dealkylation sites (tertiary alicyclic amines) is 2. The number of pyridine rings is 1. The molecule has 5 N–H and O–H groups in total. The number of hydrogen-bond acceptors (Lipinski definition) is 14. The highest BCUT2D eigenvalue weighted by Gasteiger charge is 2.50. The van der Waals surface area contributed by atoms with Crippen molar-refractivity contribution in [3.63, 3.8) is 0 Å². The van der Waals surface area contributed by atoms with E-state index in [9.17, 15) is 24.6 Å². The Morgan fingerprint density at radius 1 is 0.892 bits per heavy atom. The molecule has 0 radical (unpaired) electrons. The molecule has 2 saturated carbocycles. The third-order valence-electron chi connectivity index (χ3n) is 17.3. The summed E-state index contributed by atoms with van der Waals surface area (Å²) in [6, 6.07) is 21.0. The number of benzene rings is 2. The molecule has 17 heteroatoms. The minimum atomic E-state index is -0.835. The molecule has 16 nitrogen and oxygen atoms in total. The Kier molecular flexibility index (Phi) is 13.9. The number of phenolic OH excluding ortho intramolecular Hbond substituents is 1. The van der Waals surface area contributed by atoms with Crippen LogP contribution >= 0.6 is 11.3 Å². The summed E-state index contributed by atoms with van der Waals surface area (Å²) in [7, 11) is 0. The van der Waals surface area contributed by atoms with Gasteiger partial charge in [-0.05, 0) is 129 Å². The Hall–Kier alpha value is -6.17. The zero-order chi connectivity index (χ0) is 51.3. The van der Waals surface area contributed by atoms with Crippen molar-refractivity contribution in [1.82, 2.24) is 40.6 Å². The summed E-state index contributed by atoms with van der Waals surface area (Å²) >= 11 is 1.59. The molecule has 3 saturated heterocycles. The number of rotatable bonds is 11.